The second-order valence-corrected chi connectivity index (χ2v) is 8.86. The Morgan fingerprint density at radius 3 is 2.32 bits per heavy atom. The van der Waals surface area contributed by atoms with Gasteiger partial charge in [-0.1, -0.05) is 41.9 Å². The Kier molecular flexibility index (Phi) is 5.45. The first-order valence-electron chi connectivity index (χ1n) is 8.28. The van der Waals surface area contributed by atoms with E-state index in [2.05, 4.69) is 5.32 Å². The minimum atomic E-state index is -3.50. The third-order valence-corrected chi connectivity index (χ3v) is 6.32. The van der Waals surface area contributed by atoms with Crippen LogP contribution >= 0.6 is 11.6 Å². The summed E-state index contributed by atoms with van der Waals surface area (Å²) in [5.74, 6) is -0.00960. The van der Waals surface area contributed by atoms with Gasteiger partial charge in [-0.2, -0.15) is 0 Å². The molecule has 1 unspecified atom stereocenters. The quantitative estimate of drug-likeness (QED) is 0.798. The van der Waals surface area contributed by atoms with Gasteiger partial charge in [-0.3, -0.25) is 4.79 Å². The van der Waals surface area contributed by atoms with E-state index < -0.39 is 9.84 Å². The highest BCUT2D eigenvalue weighted by Gasteiger charge is 2.33. The third-order valence-electron chi connectivity index (χ3n) is 4.34. The zero-order valence-corrected chi connectivity index (χ0v) is 15.3. The molecule has 0 bridgehead atoms. The van der Waals surface area contributed by atoms with Gasteiger partial charge in [0.05, 0.1) is 16.7 Å². The van der Waals surface area contributed by atoms with E-state index >= 15 is 0 Å². The molecule has 4 nitrogen and oxygen atoms in total. The second kappa shape index (κ2) is 7.58. The molecular weight excluding hydrogens is 358 g/mol. The summed E-state index contributed by atoms with van der Waals surface area (Å²) < 4.78 is 24.7. The van der Waals surface area contributed by atoms with Crippen molar-refractivity contribution in [2.75, 3.05) is 5.75 Å². The van der Waals surface area contributed by atoms with Crippen LogP contribution in [-0.2, 0) is 14.6 Å². The van der Waals surface area contributed by atoms with Crippen molar-refractivity contribution >= 4 is 27.3 Å². The molecular formula is C19H20ClNO3S. The average Bonchev–Trinajstić information content (AvgIpc) is 3.44. The summed E-state index contributed by atoms with van der Waals surface area (Å²) in [5.41, 5.74) is 1.07. The third kappa shape index (κ3) is 4.83. The number of carbonyl (C=O) groups excluding carboxylic acids is 1. The van der Waals surface area contributed by atoms with Crippen LogP contribution in [0.25, 0.3) is 0 Å². The summed E-state index contributed by atoms with van der Waals surface area (Å²) in [4.78, 5) is 12.5. The molecule has 0 spiro atoms. The van der Waals surface area contributed by atoms with E-state index in [9.17, 15) is 13.2 Å². The number of sulfone groups is 1. The van der Waals surface area contributed by atoms with Crippen LogP contribution in [0.3, 0.4) is 0 Å². The Hall–Kier alpha value is -1.85. The predicted molar refractivity (Wildman–Crippen MR) is 98.2 cm³/mol. The maximum Gasteiger partial charge on any atom is 0.221 e. The molecule has 0 aliphatic heterocycles. The highest BCUT2D eigenvalue weighted by atomic mass is 35.5. The lowest BCUT2D eigenvalue weighted by atomic mass is 10.0. The second-order valence-electron chi connectivity index (χ2n) is 6.32. The van der Waals surface area contributed by atoms with Crippen LogP contribution in [0, 0.1) is 5.92 Å². The van der Waals surface area contributed by atoms with Gasteiger partial charge in [-0.25, -0.2) is 8.42 Å². The minimum Gasteiger partial charge on any atom is -0.349 e. The van der Waals surface area contributed by atoms with Gasteiger partial charge < -0.3 is 5.32 Å². The lowest BCUT2D eigenvalue weighted by molar-refractivity contribution is -0.121. The first-order valence-corrected chi connectivity index (χ1v) is 10.3. The smallest absolute Gasteiger partial charge is 0.221 e. The van der Waals surface area contributed by atoms with Crippen molar-refractivity contribution in [3.8, 4) is 0 Å². The Morgan fingerprint density at radius 1 is 1.08 bits per heavy atom. The van der Waals surface area contributed by atoms with E-state index in [1.807, 2.05) is 30.3 Å². The van der Waals surface area contributed by atoms with Gasteiger partial charge in [0.15, 0.2) is 9.84 Å². The van der Waals surface area contributed by atoms with Gasteiger partial charge in [-0.15, -0.1) is 0 Å². The molecule has 3 rings (SSSR count). The lowest BCUT2D eigenvalue weighted by Crippen LogP contribution is -2.31. The molecule has 1 N–H and O–H groups in total. The summed E-state index contributed by atoms with van der Waals surface area (Å²) in [6.45, 7) is 0. The number of amides is 1. The van der Waals surface area contributed by atoms with Gasteiger partial charge in [-0.05, 0) is 48.6 Å². The molecule has 0 heterocycles. The van der Waals surface area contributed by atoms with Crippen molar-refractivity contribution in [2.45, 2.75) is 30.2 Å². The first-order chi connectivity index (χ1) is 12.0. The zero-order valence-electron chi connectivity index (χ0n) is 13.7. The van der Waals surface area contributed by atoms with E-state index in [0.29, 0.717) is 10.9 Å². The number of hydrogen-bond acceptors (Lipinski definition) is 3. The fraction of sp³-hybridized carbons (Fsp3) is 0.316. The molecule has 2 aromatic rings. The highest BCUT2D eigenvalue weighted by Crippen LogP contribution is 2.40. The summed E-state index contributed by atoms with van der Waals surface area (Å²) >= 11 is 5.78. The molecule has 0 aromatic heterocycles. The maximum atomic E-state index is 12.3. The SMILES string of the molecule is O=C(CCS(=O)(=O)c1ccc(Cl)cc1)NC(c1ccccc1)C1CC1. The Balaban J connectivity index is 1.61. The largest absolute Gasteiger partial charge is 0.349 e. The van der Waals surface area contributed by atoms with Crippen LogP contribution in [0.4, 0.5) is 0 Å². The van der Waals surface area contributed by atoms with Crippen molar-refractivity contribution in [2.24, 2.45) is 5.92 Å². The number of halogens is 1. The van der Waals surface area contributed by atoms with Crippen LogP contribution in [0.2, 0.25) is 5.02 Å². The Labute approximate surface area is 153 Å². The number of nitrogens with one attached hydrogen (secondary N) is 1. The number of rotatable bonds is 7. The molecule has 1 amide bonds. The van der Waals surface area contributed by atoms with E-state index in [0.717, 1.165) is 18.4 Å². The minimum absolute atomic E-state index is 0.0352. The van der Waals surface area contributed by atoms with Gasteiger partial charge in [0.25, 0.3) is 0 Å². The van der Waals surface area contributed by atoms with E-state index in [1.54, 1.807) is 0 Å². The average molecular weight is 378 g/mol. The molecule has 0 saturated heterocycles. The van der Waals surface area contributed by atoms with Crippen molar-refractivity contribution in [1.82, 2.24) is 5.32 Å². The summed E-state index contributed by atoms with van der Waals surface area (Å²) in [6, 6.07) is 15.8. The van der Waals surface area contributed by atoms with E-state index in [-0.39, 0.29) is 29.0 Å². The van der Waals surface area contributed by atoms with Gasteiger partial charge in [0.2, 0.25) is 5.91 Å². The van der Waals surface area contributed by atoms with Gasteiger partial charge in [0, 0.05) is 11.4 Å². The number of hydrogen-bond donors (Lipinski definition) is 1. The molecule has 1 aliphatic rings. The van der Waals surface area contributed by atoms with Crippen molar-refractivity contribution in [1.29, 1.82) is 0 Å². The lowest BCUT2D eigenvalue weighted by Gasteiger charge is -2.18. The normalized spacial score (nSPS) is 15.6. The van der Waals surface area contributed by atoms with E-state index in [1.165, 1.54) is 24.3 Å². The van der Waals surface area contributed by atoms with Crippen molar-refractivity contribution in [3.05, 3.63) is 65.2 Å². The molecule has 1 saturated carbocycles. The van der Waals surface area contributed by atoms with Crippen LogP contribution < -0.4 is 5.32 Å². The maximum absolute atomic E-state index is 12.3. The predicted octanol–water partition coefficient (Wildman–Crippen LogP) is 3.77. The molecule has 1 atom stereocenters. The number of benzene rings is 2. The molecule has 25 heavy (non-hydrogen) atoms. The molecule has 0 radical (unpaired) electrons. The topological polar surface area (TPSA) is 63.2 Å². The van der Waals surface area contributed by atoms with Crippen LogP contribution in [-0.4, -0.2) is 20.1 Å². The monoisotopic (exact) mass is 377 g/mol. The molecule has 2 aromatic carbocycles. The molecule has 132 valence electrons. The van der Waals surface area contributed by atoms with Crippen LogP contribution in [0.1, 0.15) is 30.9 Å². The van der Waals surface area contributed by atoms with Crippen molar-refractivity contribution in [3.63, 3.8) is 0 Å². The molecule has 1 aliphatic carbocycles. The standard InChI is InChI=1S/C19H20ClNO3S/c20-16-8-10-17(11-9-16)25(23,24)13-12-18(22)21-19(15-6-7-15)14-4-2-1-3-5-14/h1-5,8-11,15,19H,6-7,12-13H2,(H,21,22). The van der Waals surface area contributed by atoms with E-state index in [4.69, 9.17) is 11.6 Å². The number of carbonyl (C=O) groups is 1. The summed E-state index contributed by atoms with van der Waals surface area (Å²) in [5, 5.41) is 3.48. The zero-order chi connectivity index (χ0) is 17.9. The molecule has 1 fully saturated rings. The molecule has 6 heteroatoms. The fourth-order valence-electron chi connectivity index (χ4n) is 2.80. The van der Waals surface area contributed by atoms with Gasteiger partial charge >= 0.3 is 0 Å². The van der Waals surface area contributed by atoms with Gasteiger partial charge in [0.1, 0.15) is 0 Å². The Bertz CT molecular complexity index is 831. The fourth-order valence-corrected chi connectivity index (χ4v) is 4.16. The first kappa shape index (κ1) is 18.0. The van der Waals surface area contributed by atoms with Crippen LogP contribution in [0.15, 0.2) is 59.5 Å². The van der Waals surface area contributed by atoms with Crippen LogP contribution in [0.5, 0.6) is 0 Å². The summed E-state index contributed by atoms with van der Waals surface area (Å²) in [6.07, 6.45) is 2.12. The summed E-state index contributed by atoms with van der Waals surface area (Å²) in [7, 11) is -3.50. The Morgan fingerprint density at radius 2 is 1.72 bits per heavy atom. The highest BCUT2D eigenvalue weighted by molar-refractivity contribution is 7.91. The van der Waals surface area contributed by atoms with Crippen molar-refractivity contribution < 1.29 is 13.2 Å².